The van der Waals surface area contributed by atoms with Gasteiger partial charge in [-0.05, 0) is 63.6 Å². The molecule has 3 rings (SSSR count). The van der Waals surface area contributed by atoms with E-state index < -0.39 is 47.0 Å². The molecule has 2 unspecified atom stereocenters. The summed E-state index contributed by atoms with van der Waals surface area (Å²) in [6.07, 6.45) is -4.88. The third kappa shape index (κ3) is 6.67. The molecule has 2 aromatic rings. The topological polar surface area (TPSA) is 123 Å². The lowest BCUT2D eigenvalue weighted by molar-refractivity contribution is -0.154. The van der Waals surface area contributed by atoms with Gasteiger partial charge in [-0.15, -0.1) is 0 Å². The fourth-order valence-electron chi connectivity index (χ4n) is 4.43. The number of nitriles is 2. The first-order chi connectivity index (χ1) is 18.7. The minimum Gasteiger partial charge on any atom is -0.460 e. The van der Waals surface area contributed by atoms with E-state index in [9.17, 15) is 32.8 Å². The average Bonchev–Trinajstić information content (AvgIpc) is 2.87. The molecule has 2 atom stereocenters. The van der Waals surface area contributed by atoms with Gasteiger partial charge in [0.25, 0.3) is 0 Å². The molecule has 40 heavy (non-hydrogen) atoms. The van der Waals surface area contributed by atoms with E-state index in [1.54, 1.807) is 20.8 Å². The van der Waals surface area contributed by atoms with E-state index in [0.717, 1.165) is 23.1 Å². The Morgan fingerprint density at radius 1 is 1.05 bits per heavy atom. The van der Waals surface area contributed by atoms with Crippen molar-refractivity contribution in [2.75, 3.05) is 11.4 Å². The Labute approximate surface area is 229 Å². The molecule has 2 aromatic carbocycles. The van der Waals surface area contributed by atoms with Crippen LogP contribution < -0.4 is 10.2 Å². The third-order valence-corrected chi connectivity index (χ3v) is 6.14. The van der Waals surface area contributed by atoms with Crippen molar-refractivity contribution < 1.29 is 32.3 Å². The summed E-state index contributed by atoms with van der Waals surface area (Å²) < 4.78 is 45.5. The first kappa shape index (κ1) is 29.9. The highest BCUT2D eigenvalue weighted by Crippen LogP contribution is 2.43. The van der Waals surface area contributed by atoms with Gasteiger partial charge in [0.15, 0.2) is 0 Å². The van der Waals surface area contributed by atoms with Crippen LogP contribution in [0.1, 0.15) is 56.7 Å². The van der Waals surface area contributed by atoms with E-state index in [1.165, 1.54) is 37.3 Å². The first-order valence-corrected chi connectivity index (χ1v) is 12.3. The lowest BCUT2D eigenvalue weighted by Crippen LogP contribution is -2.50. The highest BCUT2D eigenvalue weighted by atomic mass is 19.4. The van der Waals surface area contributed by atoms with Gasteiger partial charge in [0.05, 0.1) is 35.3 Å². The number of benzene rings is 2. The number of rotatable bonds is 6. The zero-order chi connectivity index (χ0) is 29.8. The number of hydrogen-bond acceptors (Lipinski definition) is 6. The number of hydrogen-bond donors (Lipinski definition) is 1. The molecule has 0 aromatic heterocycles. The number of halogens is 3. The Hall–Kier alpha value is -4.64. The molecule has 0 aliphatic carbocycles. The van der Waals surface area contributed by atoms with Crippen molar-refractivity contribution in [2.45, 2.75) is 51.8 Å². The van der Waals surface area contributed by atoms with Crippen LogP contribution >= 0.6 is 0 Å². The number of alkyl halides is 3. The fraction of sp³-hybridized carbons (Fsp3) is 0.345. The summed E-state index contributed by atoms with van der Waals surface area (Å²) in [6, 6.07) is 14.0. The molecule has 2 amide bonds. The SMILES string of the molecule is CC1=C(C#N)C(c2ccc(C#N)cc2)C(C(=O)NCCC(=O)OC(C)(C)C)C(=O)N1c1cccc(C(F)(F)F)c1. The summed E-state index contributed by atoms with van der Waals surface area (Å²) in [5.41, 5.74) is -1.13. The molecule has 1 aliphatic rings. The smallest absolute Gasteiger partial charge is 0.416 e. The molecule has 0 fully saturated rings. The molecule has 1 aliphatic heterocycles. The van der Waals surface area contributed by atoms with E-state index in [0.29, 0.717) is 11.1 Å². The normalized spacial score (nSPS) is 17.6. The maximum Gasteiger partial charge on any atom is 0.416 e. The van der Waals surface area contributed by atoms with E-state index >= 15 is 0 Å². The van der Waals surface area contributed by atoms with E-state index in [-0.39, 0.29) is 29.9 Å². The van der Waals surface area contributed by atoms with Gasteiger partial charge in [-0.2, -0.15) is 23.7 Å². The number of ether oxygens (including phenoxy) is 1. The Balaban J connectivity index is 2.06. The summed E-state index contributed by atoms with van der Waals surface area (Å²) in [4.78, 5) is 40.4. The number of allylic oxidation sites excluding steroid dienone is 2. The van der Waals surface area contributed by atoms with Crippen molar-refractivity contribution in [2.24, 2.45) is 5.92 Å². The van der Waals surface area contributed by atoms with Gasteiger partial charge in [-0.3, -0.25) is 19.3 Å². The van der Waals surface area contributed by atoms with Crippen LogP contribution in [0.25, 0.3) is 0 Å². The number of esters is 1. The van der Waals surface area contributed by atoms with Crippen LogP contribution in [-0.4, -0.2) is 29.9 Å². The van der Waals surface area contributed by atoms with Crippen LogP contribution in [0.15, 0.2) is 59.8 Å². The highest BCUT2D eigenvalue weighted by Gasteiger charge is 2.46. The minimum absolute atomic E-state index is 0.00554. The quantitative estimate of drug-likeness (QED) is 0.399. The lowest BCUT2D eigenvalue weighted by Gasteiger charge is -2.38. The Kier molecular flexibility index (Phi) is 8.69. The predicted octanol–water partition coefficient (Wildman–Crippen LogP) is 4.97. The summed E-state index contributed by atoms with van der Waals surface area (Å²) in [5, 5.41) is 21.8. The summed E-state index contributed by atoms with van der Waals surface area (Å²) in [7, 11) is 0. The van der Waals surface area contributed by atoms with Crippen molar-refractivity contribution in [3.8, 4) is 12.1 Å². The molecule has 8 nitrogen and oxygen atoms in total. The van der Waals surface area contributed by atoms with Gasteiger partial charge in [0.2, 0.25) is 11.8 Å². The standard InChI is InChI=1S/C29H27F3N4O4/c1-17-22(16-34)24(19-10-8-18(15-33)9-11-19)25(26(38)35-13-12-23(37)40-28(2,3)4)27(39)36(17)21-7-5-6-20(14-21)29(30,31)32/h5-11,14,24-25H,12-13H2,1-4H3,(H,35,38). The van der Waals surface area contributed by atoms with Gasteiger partial charge in [0.1, 0.15) is 11.5 Å². The zero-order valence-corrected chi connectivity index (χ0v) is 22.3. The first-order valence-electron chi connectivity index (χ1n) is 12.3. The Bertz CT molecular complexity index is 1430. The highest BCUT2D eigenvalue weighted by molar-refractivity contribution is 6.12. The van der Waals surface area contributed by atoms with Crippen LogP contribution in [0.4, 0.5) is 18.9 Å². The van der Waals surface area contributed by atoms with E-state index in [4.69, 9.17) is 10.00 Å². The summed E-state index contributed by atoms with van der Waals surface area (Å²) in [6.45, 7) is 6.31. The van der Waals surface area contributed by atoms with Crippen LogP contribution in [0, 0.1) is 28.6 Å². The number of anilines is 1. The van der Waals surface area contributed by atoms with Gasteiger partial charge >= 0.3 is 12.1 Å². The van der Waals surface area contributed by atoms with Gasteiger partial charge < -0.3 is 10.1 Å². The van der Waals surface area contributed by atoms with Gasteiger partial charge in [-0.1, -0.05) is 18.2 Å². The number of carbonyl (C=O) groups is 3. The second-order valence-electron chi connectivity index (χ2n) is 10.1. The Morgan fingerprint density at radius 2 is 1.70 bits per heavy atom. The minimum atomic E-state index is -4.69. The molecule has 0 bridgehead atoms. The monoisotopic (exact) mass is 552 g/mol. The van der Waals surface area contributed by atoms with Gasteiger partial charge in [-0.25, -0.2) is 0 Å². The molecule has 208 valence electrons. The van der Waals surface area contributed by atoms with Crippen molar-refractivity contribution >= 4 is 23.5 Å². The molecule has 0 saturated carbocycles. The van der Waals surface area contributed by atoms with E-state index in [2.05, 4.69) is 5.32 Å². The van der Waals surface area contributed by atoms with Crippen molar-refractivity contribution in [3.63, 3.8) is 0 Å². The number of nitrogens with one attached hydrogen (secondary N) is 1. The van der Waals surface area contributed by atoms with Crippen molar-refractivity contribution in [3.05, 3.63) is 76.5 Å². The van der Waals surface area contributed by atoms with Crippen molar-refractivity contribution in [1.82, 2.24) is 5.32 Å². The molecular weight excluding hydrogens is 525 g/mol. The van der Waals surface area contributed by atoms with E-state index in [1.807, 2.05) is 12.1 Å². The number of amides is 2. The van der Waals surface area contributed by atoms with Gasteiger partial charge in [0, 0.05) is 23.8 Å². The number of nitrogens with zero attached hydrogens (tertiary/aromatic N) is 3. The lowest BCUT2D eigenvalue weighted by atomic mass is 9.75. The number of carbonyl (C=O) groups excluding carboxylic acids is 3. The largest absolute Gasteiger partial charge is 0.460 e. The molecule has 0 radical (unpaired) electrons. The maximum atomic E-state index is 13.9. The third-order valence-electron chi connectivity index (χ3n) is 6.14. The van der Waals surface area contributed by atoms with Crippen LogP contribution in [0.5, 0.6) is 0 Å². The van der Waals surface area contributed by atoms with Crippen LogP contribution in [0.3, 0.4) is 0 Å². The molecule has 1 heterocycles. The second kappa shape index (κ2) is 11.6. The molecule has 11 heteroatoms. The fourth-order valence-corrected chi connectivity index (χ4v) is 4.43. The summed E-state index contributed by atoms with van der Waals surface area (Å²) >= 11 is 0. The van der Waals surface area contributed by atoms with Crippen LogP contribution in [-0.2, 0) is 25.3 Å². The maximum absolute atomic E-state index is 13.9. The summed E-state index contributed by atoms with van der Waals surface area (Å²) in [5.74, 6) is -4.89. The predicted molar refractivity (Wildman–Crippen MR) is 138 cm³/mol. The average molecular weight is 553 g/mol. The molecular formula is C29H27F3N4O4. The molecule has 0 saturated heterocycles. The molecule has 0 spiro atoms. The zero-order valence-electron chi connectivity index (χ0n) is 22.3. The van der Waals surface area contributed by atoms with Crippen molar-refractivity contribution in [1.29, 1.82) is 10.5 Å². The Morgan fingerprint density at radius 3 is 2.25 bits per heavy atom. The second-order valence-corrected chi connectivity index (χ2v) is 10.1. The molecule has 1 N–H and O–H groups in total. The van der Waals surface area contributed by atoms with Crippen LogP contribution in [0.2, 0.25) is 0 Å².